The first-order chi connectivity index (χ1) is 15.8. The molecule has 168 valence electrons. The van der Waals surface area contributed by atoms with E-state index in [2.05, 4.69) is 10.4 Å². The molecule has 0 fully saturated rings. The number of carbonyl (C=O) groups is 1. The molecule has 0 bridgehead atoms. The third-order valence-corrected chi connectivity index (χ3v) is 5.86. The lowest BCUT2D eigenvalue weighted by Crippen LogP contribution is -2.30. The molecule has 0 aliphatic carbocycles. The maximum atomic E-state index is 13.9. The van der Waals surface area contributed by atoms with E-state index in [4.69, 9.17) is 4.74 Å². The van der Waals surface area contributed by atoms with Crippen LogP contribution in [0.2, 0.25) is 0 Å². The van der Waals surface area contributed by atoms with Crippen molar-refractivity contribution in [2.45, 2.75) is 31.8 Å². The molecule has 3 aromatic carbocycles. The lowest BCUT2D eigenvalue weighted by atomic mass is 9.90. The predicted molar refractivity (Wildman–Crippen MR) is 123 cm³/mol. The number of hydrazone groups is 1. The van der Waals surface area contributed by atoms with Crippen molar-refractivity contribution in [3.63, 3.8) is 0 Å². The van der Waals surface area contributed by atoms with Crippen LogP contribution in [0.5, 0.6) is 5.75 Å². The quantitative estimate of drug-likeness (QED) is 0.559. The lowest BCUT2D eigenvalue weighted by Gasteiger charge is -2.16. The van der Waals surface area contributed by atoms with Crippen molar-refractivity contribution >= 4 is 17.4 Å². The number of nitrogens with zero attached hydrogens (tertiary/aromatic N) is 2. The molecule has 0 saturated heterocycles. The summed E-state index contributed by atoms with van der Waals surface area (Å²) in [6.45, 7) is 4.30. The third kappa shape index (κ3) is 4.31. The van der Waals surface area contributed by atoms with Crippen molar-refractivity contribution < 1.29 is 18.3 Å². The number of ether oxygens (including phenoxy) is 1. The predicted octanol–water partition coefficient (Wildman–Crippen LogP) is 5.71. The summed E-state index contributed by atoms with van der Waals surface area (Å²) in [7, 11) is 0. The van der Waals surface area contributed by atoms with Gasteiger partial charge in [-0.15, -0.1) is 0 Å². The lowest BCUT2D eigenvalue weighted by molar-refractivity contribution is 0.138. The number of anilines is 1. The van der Waals surface area contributed by atoms with Crippen LogP contribution in [0.1, 0.15) is 36.5 Å². The summed E-state index contributed by atoms with van der Waals surface area (Å²) in [5.74, 6) is -0.229. The fraction of sp³-hybridized carbons (Fsp3) is 0.231. The standard InChI is InChI=1S/C26H23F2N3O2/c1-26(2)14-18-13-21(10-11-23(18)33-26)29-25(32)31-15-22(16-6-8-19(27)9-7-16)24(30-31)17-4-3-5-20(28)12-17/h3-13,22H,14-15H2,1-2H3,(H,29,32). The van der Waals surface area contributed by atoms with Crippen LogP contribution in [-0.4, -0.2) is 28.9 Å². The van der Waals surface area contributed by atoms with Crippen molar-refractivity contribution in [1.82, 2.24) is 5.01 Å². The Morgan fingerprint density at radius 1 is 1.06 bits per heavy atom. The number of halogens is 2. The molecule has 33 heavy (non-hydrogen) atoms. The van der Waals surface area contributed by atoms with Crippen LogP contribution in [0.25, 0.3) is 0 Å². The van der Waals surface area contributed by atoms with E-state index in [1.807, 2.05) is 26.0 Å². The summed E-state index contributed by atoms with van der Waals surface area (Å²) < 4.78 is 33.3. The van der Waals surface area contributed by atoms with Gasteiger partial charge < -0.3 is 10.1 Å². The van der Waals surface area contributed by atoms with E-state index < -0.39 is 6.03 Å². The van der Waals surface area contributed by atoms with Gasteiger partial charge in [0, 0.05) is 29.2 Å². The van der Waals surface area contributed by atoms with Gasteiger partial charge in [0.2, 0.25) is 0 Å². The van der Waals surface area contributed by atoms with Crippen LogP contribution in [0, 0.1) is 11.6 Å². The van der Waals surface area contributed by atoms with Gasteiger partial charge in [-0.05, 0) is 61.9 Å². The highest BCUT2D eigenvalue weighted by molar-refractivity contribution is 6.07. The van der Waals surface area contributed by atoms with E-state index in [0.29, 0.717) is 17.0 Å². The Bertz CT molecular complexity index is 1250. The molecule has 2 heterocycles. The molecule has 5 rings (SSSR count). The topological polar surface area (TPSA) is 53.9 Å². The van der Waals surface area contributed by atoms with Gasteiger partial charge >= 0.3 is 6.03 Å². The Morgan fingerprint density at radius 2 is 1.85 bits per heavy atom. The Labute approximate surface area is 190 Å². The summed E-state index contributed by atoms with van der Waals surface area (Å²) in [6.07, 6.45) is 0.754. The molecular weight excluding hydrogens is 424 g/mol. The highest BCUT2D eigenvalue weighted by atomic mass is 19.1. The molecule has 0 spiro atoms. The molecule has 2 aliphatic heterocycles. The first-order valence-electron chi connectivity index (χ1n) is 10.8. The molecule has 1 atom stereocenters. The molecule has 0 saturated carbocycles. The Morgan fingerprint density at radius 3 is 2.61 bits per heavy atom. The summed E-state index contributed by atoms with van der Waals surface area (Å²) in [5, 5.41) is 8.76. The fourth-order valence-electron chi connectivity index (χ4n) is 4.37. The first kappa shape index (κ1) is 21.1. The molecule has 0 radical (unpaired) electrons. The minimum Gasteiger partial charge on any atom is -0.487 e. The zero-order valence-electron chi connectivity index (χ0n) is 18.3. The maximum absolute atomic E-state index is 13.9. The van der Waals surface area contributed by atoms with Crippen LogP contribution in [0.3, 0.4) is 0 Å². The molecule has 3 aromatic rings. The van der Waals surface area contributed by atoms with Crippen molar-refractivity contribution in [2.75, 3.05) is 11.9 Å². The number of rotatable bonds is 3. The fourth-order valence-corrected chi connectivity index (χ4v) is 4.37. The zero-order valence-corrected chi connectivity index (χ0v) is 18.3. The molecule has 1 N–H and O–H groups in total. The van der Waals surface area contributed by atoms with Crippen LogP contribution >= 0.6 is 0 Å². The normalized spacial score (nSPS) is 18.5. The number of fused-ring (bicyclic) bond motifs is 1. The summed E-state index contributed by atoms with van der Waals surface area (Å²) in [4.78, 5) is 13.1. The van der Waals surface area contributed by atoms with Crippen molar-refractivity contribution in [2.24, 2.45) is 5.10 Å². The monoisotopic (exact) mass is 447 g/mol. The summed E-state index contributed by atoms with van der Waals surface area (Å²) in [5.41, 5.74) is 3.34. The molecule has 2 amide bonds. The zero-order chi connectivity index (χ0) is 23.2. The van der Waals surface area contributed by atoms with Gasteiger partial charge in [-0.2, -0.15) is 5.10 Å². The molecule has 7 heteroatoms. The van der Waals surface area contributed by atoms with Gasteiger partial charge in [-0.25, -0.2) is 18.6 Å². The number of amides is 2. The smallest absolute Gasteiger partial charge is 0.342 e. The van der Waals surface area contributed by atoms with E-state index in [-0.39, 0.29) is 29.7 Å². The molecule has 5 nitrogen and oxygen atoms in total. The minimum atomic E-state index is -0.397. The average molecular weight is 447 g/mol. The highest BCUT2D eigenvalue weighted by Crippen LogP contribution is 2.36. The van der Waals surface area contributed by atoms with Crippen LogP contribution in [0.15, 0.2) is 71.8 Å². The second kappa shape index (κ2) is 7.99. The number of carbonyl (C=O) groups excluding carboxylic acids is 1. The molecule has 2 aliphatic rings. The van der Waals surface area contributed by atoms with Gasteiger partial charge in [-0.1, -0.05) is 24.3 Å². The highest BCUT2D eigenvalue weighted by Gasteiger charge is 2.33. The van der Waals surface area contributed by atoms with Crippen molar-refractivity contribution in [3.8, 4) is 5.75 Å². The van der Waals surface area contributed by atoms with Gasteiger partial charge in [0.15, 0.2) is 0 Å². The largest absolute Gasteiger partial charge is 0.487 e. The number of hydrogen-bond donors (Lipinski definition) is 1. The Balaban J connectivity index is 1.41. The first-order valence-corrected chi connectivity index (χ1v) is 10.8. The number of hydrogen-bond acceptors (Lipinski definition) is 3. The molecule has 1 unspecified atom stereocenters. The Hall–Kier alpha value is -3.74. The molecule has 0 aromatic heterocycles. The van der Waals surface area contributed by atoms with Crippen molar-refractivity contribution in [3.05, 3.63) is 95.1 Å². The van der Waals surface area contributed by atoms with Crippen LogP contribution < -0.4 is 10.1 Å². The summed E-state index contributed by atoms with van der Waals surface area (Å²) in [6, 6.07) is 17.3. The second-order valence-corrected chi connectivity index (χ2v) is 8.97. The van der Waals surface area contributed by atoms with E-state index in [0.717, 1.165) is 23.3 Å². The van der Waals surface area contributed by atoms with Crippen LogP contribution in [0.4, 0.5) is 19.3 Å². The van der Waals surface area contributed by atoms with E-state index >= 15 is 0 Å². The Kier molecular flexibility index (Phi) is 5.12. The number of urea groups is 1. The van der Waals surface area contributed by atoms with E-state index in [9.17, 15) is 13.6 Å². The minimum absolute atomic E-state index is 0.254. The average Bonchev–Trinajstić information content (AvgIpc) is 3.34. The number of benzene rings is 3. The summed E-state index contributed by atoms with van der Waals surface area (Å²) >= 11 is 0. The van der Waals surface area contributed by atoms with Crippen molar-refractivity contribution in [1.29, 1.82) is 0 Å². The van der Waals surface area contributed by atoms with E-state index in [1.165, 1.54) is 29.3 Å². The SMILES string of the molecule is CC1(C)Cc2cc(NC(=O)N3CC(c4ccc(F)cc4)C(c4cccc(F)c4)=N3)ccc2O1. The second-order valence-electron chi connectivity index (χ2n) is 8.97. The maximum Gasteiger partial charge on any atom is 0.342 e. The van der Waals surface area contributed by atoms with Crippen LogP contribution in [-0.2, 0) is 6.42 Å². The third-order valence-electron chi connectivity index (χ3n) is 5.86. The van der Waals surface area contributed by atoms with Gasteiger partial charge in [0.25, 0.3) is 0 Å². The van der Waals surface area contributed by atoms with Gasteiger partial charge in [0.1, 0.15) is 23.0 Å². The molecular formula is C26H23F2N3O2. The van der Waals surface area contributed by atoms with E-state index in [1.54, 1.807) is 30.3 Å². The van der Waals surface area contributed by atoms with Gasteiger partial charge in [0.05, 0.1) is 12.3 Å². The van der Waals surface area contributed by atoms with Gasteiger partial charge in [-0.3, -0.25) is 0 Å². The number of nitrogens with one attached hydrogen (secondary N) is 1.